The molecule has 0 saturated heterocycles. The minimum atomic E-state index is -1.13. The fourth-order valence-corrected chi connectivity index (χ4v) is 4.21. The Balaban J connectivity index is 1.44. The van der Waals surface area contributed by atoms with Crippen molar-refractivity contribution in [3.05, 3.63) is 59.7 Å². The third-order valence-corrected chi connectivity index (χ3v) is 6.01. The predicted molar refractivity (Wildman–Crippen MR) is 129 cm³/mol. The average Bonchev–Trinajstić information content (AvgIpc) is 3.16. The average molecular weight is 486 g/mol. The minimum Gasteiger partial charge on any atom is -0.480 e. The van der Waals surface area contributed by atoms with E-state index >= 15 is 0 Å². The number of aliphatic carboxylic acids is 1. The number of fused-ring (bicyclic) bond motifs is 3. The van der Waals surface area contributed by atoms with Gasteiger partial charge in [0.05, 0.1) is 6.54 Å². The Morgan fingerprint density at radius 3 is 2.18 bits per heavy atom. The number of nitrogens with zero attached hydrogens (tertiary/aromatic N) is 1. The first kappa shape index (κ1) is 25.1. The molecule has 10 heteroatoms. The van der Waals surface area contributed by atoms with Crippen LogP contribution in [0.3, 0.4) is 0 Å². The first-order valence-electron chi connectivity index (χ1n) is 10.7. The molecule has 0 atom stereocenters. The molecule has 9 nitrogen and oxygen atoms in total. The fraction of sp³-hybridized carbons (Fsp3) is 0.333. The highest BCUT2D eigenvalue weighted by Gasteiger charge is 2.29. The van der Waals surface area contributed by atoms with Crippen LogP contribution in [-0.2, 0) is 19.1 Å². The van der Waals surface area contributed by atoms with E-state index in [1.807, 2.05) is 54.8 Å². The van der Waals surface area contributed by atoms with E-state index in [9.17, 15) is 19.2 Å². The van der Waals surface area contributed by atoms with Crippen LogP contribution in [0, 0.1) is 0 Å². The summed E-state index contributed by atoms with van der Waals surface area (Å²) in [5, 5.41) is 13.7. The van der Waals surface area contributed by atoms with Gasteiger partial charge < -0.3 is 25.4 Å². The summed E-state index contributed by atoms with van der Waals surface area (Å²) < 4.78 is 5.37. The van der Waals surface area contributed by atoms with Gasteiger partial charge in [0.15, 0.2) is 0 Å². The molecular weight excluding hydrogens is 458 g/mol. The van der Waals surface area contributed by atoms with Crippen molar-refractivity contribution in [3.63, 3.8) is 0 Å². The lowest BCUT2D eigenvalue weighted by Gasteiger charge is -2.20. The van der Waals surface area contributed by atoms with E-state index in [0.29, 0.717) is 5.75 Å². The van der Waals surface area contributed by atoms with Crippen LogP contribution in [0.25, 0.3) is 11.1 Å². The van der Waals surface area contributed by atoms with Gasteiger partial charge in [0.25, 0.3) is 0 Å². The van der Waals surface area contributed by atoms with Gasteiger partial charge in [-0.3, -0.25) is 14.4 Å². The molecule has 0 radical (unpaired) electrons. The number of carboxylic acids is 1. The smallest absolute Gasteiger partial charge is 0.407 e. The number of benzene rings is 2. The molecule has 3 rings (SSSR count). The number of hydrogen-bond acceptors (Lipinski definition) is 6. The summed E-state index contributed by atoms with van der Waals surface area (Å²) in [5.74, 6) is -1.73. The molecule has 0 bridgehead atoms. The van der Waals surface area contributed by atoms with E-state index in [-0.39, 0.29) is 32.2 Å². The van der Waals surface area contributed by atoms with Gasteiger partial charge in [-0.15, -0.1) is 0 Å². The molecular formula is C24H27N3O6S. The molecule has 0 fully saturated rings. The molecule has 0 aliphatic heterocycles. The summed E-state index contributed by atoms with van der Waals surface area (Å²) >= 11 is 1.48. The molecule has 2 aromatic rings. The number of nitrogens with one attached hydrogen (secondary N) is 2. The topological polar surface area (TPSA) is 125 Å². The largest absolute Gasteiger partial charge is 0.480 e. The Labute approximate surface area is 201 Å². The standard InChI is InChI=1S/C24H27N3O6S/c1-34-11-10-27(14-23(30)31)22(29)13-25-21(28)12-26-24(32)33-15-20-18-8-4-2-6-16(18)17-7-3-5-9-19(17)20/h2-9,20H,10-15H2,1H3,(H,25,28)(H,26,32)(H,30,31). The molecule has 3 amide bonds. The van der Waals surface area contributed by atoms with Crippen molar-refractivity contribution in [2.45, 2.75) is 5.92 Å². The summed E-state index contributed by atoms with van der Waals surface area (Å²) in [4.78, 5) is 48.5. The number of alkyl carbamates (subject to hydrolysis) is 1. The van der Waals surface area contributed by atoms with Crippen LogP contribution in [0.5, 0.6) is 0 Å². The van der Waals surface area contributed by atoms with Crippen LogP contribution in [0.4, 0.5) is 4.79 Å². The zero-order valence-electron chi connectivity index (χ0n) is 18.8. The highest BCUT2D eigenvalue weighted by atomic mass is 32.2. The Kier molecular flexibility index (Phi) is 8.92. The number of amides is 3. The zero-order chi connectivity index (χ0) is 24.5. The summed E-state index contributed by atoms with van der Waals surface area (Å²) in [6.07, 6.45) is 1.11. The van der Waals surface area contributed by atoms with Crippen LogP contribution in [0.1, 0.15) is 17.0 Å². The van der Waals surface area contributed by atoms with Crippen molar-refractivity contribution in [1.29, 1.82) is 0 Å². The Hall–Kier alpha value is -3.53. The summed E-state index contributed by atoms with van der Waals surface area (Å²) in [5.41, 5.74) is 4.40. The van der Waals surface area contributed by atoms with Crippen molar-refractivity contribution in [3.8, 4) is 11.1 Å². The van der Waals surface area contributed by atoms with Crippen LogP contribution < -0.4 is 10.6 Å². The number of thioether (sulfide) groups is 1. The molecule has 0 saturated carbocycles. The van der Waals surface area contributed by atoms with Crippen molar-refractivity contribution in [2.24, 2.45) is 0 Å². The SMILES string of the molecule is CSCCN(CC(=O)O)C(=O)CNC(=O)CNC(=O)OCC1c2ccccc2-c2ccccc21. The van der Waals surface area contributed by atoms with E-state index in [1.54, 1.807) is 0 Å². The minimum absolute atomic E-state index is 0.0916. The maximum atomic E-state index is 12.2. The van der Waals surface area contributed by atoms with Gasteiger partial charge in [-0.1, -0.05) is 48.5 Å². The second-order valence-corrected chi connectivity index (χ2v) is 8.64. The van der Waals surface area contributed by atoms with Crippen molar-refractivity contribution >= 4 is 35.6 Å². The lowest BCUT2D eigenvalue weighted by Crippen LogP contribution is -2.45. The van der Waals surface area contributed by atoms with E-state index in [0.717, 1.165) is 27.2 Å². The second kappa shape index (κ2) is 12.1. The molecule has 3 N–H and O–H groups in total. The van der Waals surface area contributed by atoms with E-state index in [4.69, 9.17) is 9.84 Å². The lowest BCUT2D eigenvalue weighted by molar-refractivity contribution is -0.144. The van der Waals surface area contributed by atoms with Gasteiger partial charge in [-0.05, 0) is 28.5 Å². The molecule has 1 aliphatic rings. The maximum Gasteiger partial charge on any atom is 0.407 e. The number of hydrogen-bond donors (Lipinski definition) is 3. The van der Waals surface area contributed by atoms with Crippen LogP contribution >= 0.6 is 11.8 Å². The maximum absolute atomic E-state index is 12.2. The monoisotopic (exact) mass is 485 g/mol. The van der Waals surface area contributed by atoms with E-state index < -0.39 is 30.4 Å². The van der Waals surface area contributed by atoms with Gasteiger partial charge in [0, 0.05) is 18.2 Å². The Morgan fingerprint density at radius 1 is 0.971 bits per heavy atom. The van der Waals surface area contributed by atoms with Crippen LogP contribution in [-0.4, -0.2) is 78.7 Å². The van der Waals surface area contributed by atoms with Gasteiger partial charge in [0.1, 0.15) is 19.7 Å². The van der Waals surface area contributed by atoms with Crippen LogP contribution in [0.15, 0.2) is 48.5 Å². The lowest BCUT2D eigenvalue weighted by atomic mass is 9.98. The van der Waals surface area contributed by atoms with E-state index in [2.05, 4.69) is 10.6 Å². The quantitative estimate of drug-likeness (QED) is 0.444. The normalized spacial score (nSPS) is 11.8. The number of carbonyl (C=O) groups is 4. The zero-order valence-corrected chi connectivity index (χ0v) is 19.6. The first-order valence-corrected chi connectivity index (χ1v) is 12.1. The Morgan fingerprint density at radius 2 is 1.59 bits per heavy atom. The molecule has 0 spiro atoms. The molecule has 2 aromatic carbocycles. The summed E-state index contributed by atoms with van der Waals surface area (Å²) in [6, 6.07) is 15.9. The highest BCUT2D eigenvalue weighted by Crippen LogP contribution is 2.44. The van der Waals surface area contributed by atoms with Crippen molar-refractivity contribution < 1.29 is 29.0 Å². The molecule has 180 valence electrons. The number of carboxylic acid groups (broad SMARTS) is 1. The summed E-state index contributed by atoms with van der Waals surface area (Å²) in [7, 11) is 0. The second-order valence-electron chi connectivity index (χ2n) is 7.66. The third kappa shape index (κ3) is 6.50. The van der Waals surface area contributed by atoms with Gasteiger partial charge in [-0.25, -0.2) is 4.79 Å². The predicted octanol–water partition coefficient (Wildman–Crippen LogP) is 1.92. The van der Waals surface area contributed by atoms with Crippen LogP contribution in [0.2, 0.25) is 0 Å². The van der Waals surface area contributed by atoms with Crippen molar-refractivity contribution in [1.82, 2.24) is 15.5 Å². The molecule has 0 aromatic heterocycles. The van der Waals surface area contributed by atoms with Gasteiger partial charge >= 0.3 is 12.1 Å². The Bertz CT molecular complexity index is 1020. The molecule has 0 unspecified atom stereocenters. The van der Waals surface area contributed by atoms with Crippen molar-refractivity contribution in [2.75, 3.05) is 44.8 Å². The number of rotatable bonds is 11. The van der Waals surface area contributed by atoms with Gasteiger partial charge in [0.2, 0.25) is 11.8 Å². The van der Waals surface area contributed by atoms with Gasteiger partial charge in [-0.2, -0.15) is 11.8 Å². The molecule has 34 heavy (non-hydrogen) atoms. The highest BCUT2D eigenvalue weighted by molar-refractivity contribution is 7.98. The third-order valence-electron chi connectivity index (χ3n) is 5.42. The molecule has 0 heterocycles. The first-order chi connectivity index (χ1) is 16.4. The molecule has 1 aliphatic carbocycles. The van der Waals surface area contributed by atoms with E-state index in [1.165, 1.54) is 11.8 Å². The fourth-order valence-electron chi connectivity index (χ4n) is 3.81. The number of carbonyl (C=O) groups excluding carboxylic acids is 3. The number of ether oxygens (including phenoxy) is 1. The summed E-state index contributed by atoms with van der Waals surface area (Å²) in [6.45, 7) is -0.770.